The molecule has 1 aromatic heterocycles. The number of rotatable bonds is 9. The molecule has 0 saturated heterocycles. The summed E-state index contributed by atoms with van der Waals surface area (Å²) in [6, 6.07) is 19.8. The van der Waals surface area contributed by atoms with Crippen molar-refractivity contribution in [2.75, 3.05) is 20.2 Å². The van der Waals surface area contributed by atoms with Crippen LogP contribution < -0.4 is 10.1 Å². The molecule has 0 unspecified atom stereocenters. The number of H-pyrrole nitrogens is 1. The van der Waals surface area contributed by atoms with E-state index >= 15 is 0 Å². The van der Waals surface area contributed by atoms with E-state index in [9.17, 15) is 18.0 Å². The first-order valence-electron chi connectivity index (χ1n) is 11.9. The number of nitrogens with zero attached hydrogens (tertiary/aromatic N) is 1. The third-order valence-electron chi connectivity index (χ3n) is 5.90. The first-order valence-corrected chi connectivity index (χ1v) is 11.9. The Bertz CT molecular complexity index is 1480. The van der Waals surface area contributed by atoms with Crippen molar-refractivity contribution >= 4 is 34.7 Å². The Balaban J connectivity index is 1.54. The van der Waals surface area contributed by atoms with Crippen LogP contribution in [0.5, 0.6) is 5.75 Å². The van der Waals surface area contributed by atoms with E-state index in [0.717, 1.165) is 39.9 Å². The van der Waals surface area contributed by atoms with Crippen LogP contribution in [0.1, 0.15) is 27.9 Å². The lowest BCUT2D eigenvalue weighted by Gasteiger charge is -2.11. The number of methoxy groups -OCH3 is 1. The van der Waals surface area contributed by atoms with Crippen LogP contribution in [0, 0.1) is 0 Å². The van der Waals surface area contributed by atoms with Crippen LogP contribution in [0.2, 0.25) is 0 Å². The summed E-state index contributed by atoms with van der Waals surface area (Å²) in [5.74, 6) is 0.437. The second-order valence-corrected chi connectivity index (χ2v) is 8.37. The second-order valence-electron chi connectivity index (χ2n) is 8.37. The molecule has 0 aliphatic rings. The highest BCUT2D eigenvalue weighted by molar-refractivity contribution is 6.16. The number of carbonyl (C=O) groups excluding carboxylic acids is 1. The van der Waals surface area contributed by atoms with E-state index in [-0.39, 0.29) is 19.0 Å². The third-order valence-corrected chi connectivity index (χ3v) is 5.90. The van der Waals surface area contributed by atoms with Crippen molar-refractivity contribution in [1.29, 1.82) is 0 Å². The van der Waals surface area contributed by atoms with Gasteiger partial charge >= 0.3 is 6.18 Å². The maximum Gasteiger partial charge on any atom is 0.416 e. The number of ether oxygens (including phenoxy) is 1. The van der Waals surface area contributed by atoms with Crippen molar-refractivity contribution in [1.82, 2.24) is 10.3 Å². The van der Waals surface area contributed by atoms with Crippen LogP contribution in [-0.4, -0.2) is 36.8 Å². The molecule has 0 fully saturated rings. The molecule has 5 nitrogen and oxygen atoms in total. The Hall–Kier alpha value is -4.59. The van der Waals surface area contributed by atoms with Crippen LogP contribution in [0.25, 0.3) is 23.1 Å². The Morgan fingerprint density at radius 2 is 1.76 bits per heavy atom. The number of fused-ring (bicyclic) bond motifs is 1. The number of alkyl halides is 3. The van der Waals surface area contributed by atoms with E-state index < -0.39 is 11.7 Å². The molecule has 1 heterocycles. The van der Waals surface area contributed by atoms with Gasteiger partial charge in [0.05, 0.1) is 30.6 Å². The fourth-order valence-electron chi connectivity index (χ4n) is 3.99. The van der Waals surface area contributed by atoms with Crippen molar-refractivity contribution in [2.45, 2.75) is 6.18 Å². The molecule has 38 heavy (non-hydrogen) atoms. The zero-order valence-corrected chi connectivity index (χ0v) is 20.7. The number of hydrogen-bond acceptors (Lipinski definition) is 3. The summed E-state index contributed by atoms with van der Waals surface area (Å²) in [4.78, 5) is 20.3. The molecule has 0 atom stereocenters. The summed E-state index contributed by atoms with van der Waals surface area (Å²) in [7, 11) is 1.58. The molecule has 0 saturated carbocycles. The minimum Gasteiger partial charge on any atom is -0.497 e. The first kappa shape index (κ1) is 26.5. The van der Waals surface area contributed by atoms with E-state index in [1.807, 2.05) is 36.4 Å². The lowest BCUT2D eigenvalue weighted by molar-refractivity contribution is -0.137. The van der Waals surface area contributed by atoms with Gasteiger partial charge in [0.15, 0.2) is 0 Å². The van der Waals surface area contributed by atoms with Gasteiger partial charge in [0.2, 0.25) is 5.91 Å². The molecule has 0 aliphatic heterocycles. The average Bonchev–Trinajstić information content (AvgIpc) is 3.30. The van der Waals surface area contributed by atoms with Gasteiger partial charge in [-0.25, -0.2) is 0 Å². The first-order chi connectivity index (χ1) is 18.3. The van der Waals surface area contributed by atoms with Gasteiger partial charge in [0, 0.05) is 34.7 Å². The van der Waals surface area contributed by atoms with Gasteiger partial charge in [0.1, 0.15) is 5.75 Å². The SMILES string of the molecule is C=Cc1c(/C(=N\CCNC(=O)/C=C/c2ccc(OC)cc2)c2ccc(C(F)(F)F)cc2)[nH]c2ccccc12. The second kappa shape index (κ2) is 11.6. The molecule has 2 N–H and O–H groups in total. The van der Waals surface area contributed by atoms with Crippen LogP contribution in [0.3, 0.4) is 0 Å². The van der Waals surface area contributed by atoms with E-state index in [2.05, 4.69) is 21.9 Å². The highest BCUT2D eigenvalue weighted by Crippen LogP contribution is 2.30. The Labute approximate surface area is 218 Å². The molecule has 3 aromatic carbocycles. The fraction of sp³-hybridized carbons (Fsp3) is 0.133. The molecule has 4 aromatic rings. The number of halogens is 3. The summed E-state index contributed by atoms with van der Waals surface area (Å²) in [5.41, 5.74) is 3.40. The largest absolute Gasteiger partial charge is 0.497 e. The number of amides is 1. The standard InChI is InChI=1S/C30H26F3N3O2/c1-3-24-25-6-4-5-7-26(25)36-29(24)28(21-11-13-22(14-12-21)30(31,32)33)35-19-18-34-27(37)17-10-20-8-15-23(38-2)16-9-20/h3-17,36H,1,18-19H2,2H3,(H,34,37)/b17-10+,35-28-. The Morgan fingerprint density at radius 1 is 1.05 bits per heavy atom. The van der Waals surface area contributed by atoms with Gasteiger partial charge in [0.25, 0.3) is 0 Å². The lowest BCUT2D eigenvalue weighted by Crippen LogP contribution is -2.24. The maximum absolute atomic E-state index is 13.1. The van der Waals surface area contributed by atoms with Gasteiger partial charge in [-0.05, 0) is 42.0 Å². The minimum absolute atomic E-state index is 0.213. The number of aromatic nitrogens is 1. The number of aliphatic imine (C=N–C) groups is 1. The van der Waals surface area contributed by atoms with E-state index in [4.69, 9.17) is 4.74 Å². The molecule has 0 bridgehead atoms. The highest BCUT2D eigenvalue weighted by Gasteiger charge is 2.30. The molecule has 1 amide bonds. The molecule has 4 rings (SSSR count). The predicted octanol–water partition coefficient (Wildman–Crippen LogP) is 6.51. The lowest BCUT2D eigenvalue weighted by atomic mass is 10.0. The zero-order valence-electron chi connectivity index (χ0n) is 20.7. The van der Waals surface area contributed by atoms with Crippen molar-refractivity contribution < 1.29 is 22.7 Å². The van der Waals surface area contributed by atoms with Crippen LogP contribution in [-0.2, 0) is 11.0 Å². The molecule has 0 aliphatic carbocycles. The van der Waals surface area contributed by atoms with Crippen molar-refractivity contribution in [3.8, 4) is 5.75 Å². The van der Waals surface area contributed by atoms with E-state index in [1.54, 1.807) is 31.4 Å². The number of carbonyl (C=O) groups is 1. The predicted molar refractivity (Wildman–Crippen MR) is 145 cm³/mol. The Morgan fingerprint density at radius 3 is 2.42 bits per heavy atom. The summed E-state index contributed by atoms with van der Waals surface area (Å²) >= 11 is 0. The van der Waals surface area contributed by atoms with Crippen LogP contribution >= 0.6 is 0 Å². The fourth-order valence-corrected chi connectivity index (χ4v) is 3.99. The average molecular weight is 518 g/mol. The smallest absolute Gasteiger partial charge is 0.416 e. The maximum atomic E-state index is 13.1. The van der Waals surface area contributed by atoms with Crippen molar-refractivity contribution in [3.63, 3.8) is 0 Å². The third kappa shape index (κ3) is 6.21. The molecule has 194 valence electrons. The molecular weight excluding hydrogens is 491 g/mol. The number of aromatic amines is 1. The van der Waals surface area contributed by atoms with Gasteiger partial charge in [-0.1, -0.05) is 55.1 Å². The number of para-hydroxylation sites is 1. The van der Waals surface area contributed by atoms with Gasteiger partial charge in [-0.15, -0.1) is 0 Å². The quantitative estimate of drug-likeness (QED) is 0.151. The molecule has 8 heteroatoms. The highest BCUT2D eigenvalue weighted by atomic mass is 19.4. The number of benzene rings is 3. The normalized spacial score (nSPS) is 12.2. The monoisotopic (exact) mass is 517 g/mol. The number of nitrogens with one attached hydrogen (secondary N) is 2. The van der Waals surface area contributed by atoms with E-state index in [0.29, 0.717) is 17.0 Å². The molecule has 0 radical (unpaired) electrons. The Kier molecular flexibility index (Phi) is 8.11. The molecule has 0 spiro atoms. The summed E-state index contributed by atoms with van der Waals surface area (Å²) in [6.45, 7) is 4.36. The van der Waals surface area contributed by atoms with Crippen LogP contribution in [0.15, 0.2) is 90.4 Å². The zero-order chi connectivity index (χ0) is 27.1. The van der Waals surface area contributed by atoms with Gasteiger partial charge in [-0.3, -0.25) is 9.79 Å². The van der Waals surface area contributed by atoms with Gasteiger partial charge in [-0.2, -0.15) is 13.2 Å². The summed E-state index contributed by atoms with van der Waals surface area (Å²) in [6.07, 6.45) is 0.370. The van der Waals surface area contributed by atoms with E-state index in [1.165, 1.54) is 18.2 Å². The van der Waals surface area contributed by atoms with Crippen molar-refractivity contribution in [2.24, 2.45) is 4.99 Å². The van der Waals surface area contributed by atoms with Gasteiger partial charge < -0.3 is 15.0 Å². The summed E-state index contributed by atoms with van der Waals surface area (Å²) < 4.78 is 44.5. The summed E-state index contributed by atoms with van der Waals surface area (Å²) in [5, 5.41) is 3.71. The number of hydrogen-bond donors (Lipinski definition) is 2. The minimum atomic E-state index is -4.44. The van der Waals surface area contributed by atoms with Crippen LogP contribution in [0.4, 0.5) is 13.2 Å². The topological polar surface area (TPSA) is 66.5 Å². The van der Waals surface area contributed by atoms with Crippen molar-refractivity contribution in [3.05, 3.63) is 113 Å². The molecular formula is C30H26F3N3O2.